The predicted octanol–water partition coefficient (Wildman–Crippen LogP) is 4.14. The van der Waals surface area contributed by atoms with Gasteiger partial charge in [-0.1, -0.05) is 34.1 Å². The first-order valence-electron chi connectivity index (χ1n) is 7.45. The van der Waals surface area contributed by atoms with Gasteiger partial charge >= 0.3 is 6.09 Å². The van der Waals surface area contributed by atoms with Gasteiger partial charge in [-0.3, -0.25) is 10.1 Å². The molecule has 0 aliphatic heterocycles. The maximum absolute atomic E-state index is 12.1. The third kappa shape index (κ3) is 4.19. The first-order chi connectivity index (χ1) is 10.2. The summed E-state index contributed by atoms with van der Waals surface area (Å²) in [6.45, 7) is 10.3. The topological polar surface area (TPSA) is 81.5 Å². The Morgan fingerprint density at radius 3 is 2.27 bits per heavy atom. The van der Waals surface area contributed by atoms with Gasteiger partial charge in [0.1, 0.15) is 5.75 Å². The molecule has 1 aromatic carbocycles. The van der Waals surface area contributed by atoms with Gasteiger partial charge in [0.05, 0.1) is 4.92 Å². The Labute approximate surface area is 131 Å². The smallest absolute Gasteiger partial charge is 0.410 e. The number of carbonyl (C=O) groups is 1. The van der Waals surface area contributed by atoms with Crippen LogP contribution in [0.25, 0.3) is 0 Å². The summed E-state index contributed by atoms with van der Waals surface area (Å²) < 4.78 is 5.22. The summed E-state index contributed by atoms with van der Waals surface area (Å²) in [7, 11) is 0. The second kappa shape index (κ2) is 7.24. The quantitative estimate of drug-likeness (QED) is 0.632. The van der Waals surface area contributed by atoms with Crippen molar-refractivity contribution in [1.29, 1.82) is 0 Å². The van der Waals surface area contributed by atoms with E-state index in [4.69, 9.17) is 4.74 Å². The summed E-state index contributed by atoms with van der Waals surface area (Å²) in [5.41, 5.74) is -0.425. The highest BCUT2D eigenvalue weighted by atomic mass is 16.6. The first-order valence-corrected chi connectivity index (χ1v) is 7.45. The van der Waals surface area contributed by atoms with Gasteiger partial charge in [0.15, 0.2) is 0 Å². The van der Waals surface area contributed by atoms with Crippen molar-refractivity contribution in [2.24, 2.45) is 11.8 Å². The molecule has 0 spiro atoms. The van der Waals surface area contributed by atoms with Crippen LogP contribution >= 0.6 is 0 Å². The molecule has 1 amide bonds. The number of nitro groups is 1. The van der Waals surface area contributed by atoms with Crippen LogP contribution in [0.4, 0.5) is 10.5 Å². The molecule has 1 N–H and O–H groups in total. The van der Waals surface area contributed by atoms with Gasteiger partial charge in [0.25, 0.3) is 5.69 Å². The summed E-state index contributed by atoms with van der Waals surface area (Å²) in [4.78, 5) is 22.2. The van der Waals surface area contributed by atoms with Crippen LogP contribution in [0.2, 0.25) is 0 Å². The number of ether oxygens (including phenoxy) is 1. The summed E-state index contributed by atoms with van der Waals surface area (Å²) in [5.74, 6) is 0.808. The largest absolute Gasteiger partial charge is 0.413 e. The minimum Gasteiger partial charge on any atom is -0.410 e. The molecule has 1 aromatic rings. The lowest BCUT2D eigenvalue weighted by molar-refractivity contribution is -0.384. The zero-order chi connectivity index (χ0) is 16.9. The third-order valence-corrected chi connectivity index (χ3v) is 4.46. The van der Waals surface area contributed by atoms with Crippen molar-refractivity contribution in [1.82, 2.24) is 5.32 Å². The van der Waals surface area contributed by atoms with E-state index in [9.17, 15) is 14.9 Å². The van der Waals surface area contributed by atoms with Crippen LogP contribution in [0.1, 0.15) is 41.0 Å². The van der Waals surface area contributed by atoms with Gasteiger partial charge in [-0.25, -0.2) is 4.79 Å². The van der Waals surface area contributed by atoms with Gasteiger partial charge in [-0.2, -0.15) is 0 Å². The second-order valence-electron chi connectivity index (χ2n) is 6.01. The standard InChI is InChI=1S/C16H24N2O4/c1-6-12(4)16(5,11(2)3)17-15(19)22-14-9-7-13(8-10-14)18(20)21/h7-12H,6H2,1-5H3,(H,17,19). The van der Waals surface area contributed by atoms with E-state index >= 15 is 0 Å². The van der Waals surface area contributed by atoms with E-state index in [1.807, 2.05) is 6.92 Å². The Kier molecular flexibility index (Phi) is 5.91. The molecule has 2 unspecified atom stereocenters. The fourth-order valence-electron chi connectivity index (χ4n) is 2.25. The molecule has 22 heavy (non-hydrogen) atoms. The van der Waals surface area contributed by atoms with E-state index in [0.29, 0.717) is 0 Å². The maximum Gasteiger partial charge on any atom is 0.413 e. The number of hydrogen-bond donors (Lipinski definition) is 1. The number of nitro benzene ring substituents is 1. The molecule has 122 valence electrons. The van der Waals surface area contributed by atoms with E-state index in [1.54, 1.807) is 0 Å². The van der Waals surface area contributed by atoms with Gasteiger partial charge in [-0.15, -0.1) is 0 Å². The minimum atomic E-state index is -0.551. The average Bonchev–Trinajstić information content (AvgIpc) is 2.46. The fraction of sp³-hybridized carbons (Fsp3) is 0.562. The van der Waals surface area contributed by atoms with Crippen LogP contribution in [-0.2, 0) is 0 Å². The number of amides is 1. The Bertz CT molecular complexity index is 527. The van der Waals surface area contributed by atoms with E-state index in [2.05, 4.69) is 33.0 Å². The molecule has 0 fully saturated rings. The Morgan fingerprint density at radius 2 is 1.86 bits per heavy atom. The lowest BCUT2D eigenvalue weighted by atomic mass is 9.76. The Morgan fingerprint density at radius 1 is 1.32 bits per heavy atom. The molecular formula is C16H24N2O4. The first kappa shape index (κ1) is 17.9. The molecule has 0 aliphatic carbocycles. The molecule has 2 atom stereocenters. The van der Waals surface area contributed by atoms with E-state index < -0.39 is 11.0 Å². The van der Waals surface area contributed by atoms with Gasteiger partial charge in [-0.05, 0) is 30.9 Å². The minimum absolute atomic E-state index is 0.0422. The highest BCUT2D eigenvalue weighted by Crippen LogP contribution is 2.28. The highest BCUT2D eigenvalue weighted by Gasteiger charge is 2.35. The van der Waals surface area contributed by atoms with Crippen molar-refractivity contribution in [2.75, 3.05) is 0 Å². The molecule has 0 bridgehead atoms. The van der Waals surface area contributed by atoms with E-state index in [1.165, 1.54) is 24.3 Å². The van der Waals surface area contributed by atoms with E-state index in [0.717, 1.165) is 6.42 Å². The number of nitrogens with one attached hydrogen (secondary N) is 1. The molecule has 0 radical (unpaired) electrons. The van der Waals surface area contributed by atoms with Gasteiger partial charge in [0, 0.05) is 17.7 Å². The SMILES string of the molecule is CCC(C)C(C)(NC(=O)Oc1ccc([N+](=O)[O-])cc1)C(C)C. The van der Waals surface area contributed by atoms with Crippen LogP contribution in [0.3, 0.4) is 0 Å². The van der Waals surface area contributed by atoms with Crippen LogP contribution < -0.4 is 10.1 Å². The van der Waals surface area contributed by atoms with Crippen LogP contribution in [0.5, 0.6) is 5.75 Å². The number of rotatable bonds is 6. The molecule has 1 rings (SSSR count). The number of carbonyl (C=O) groups excluding carboxylic acids is 1. The Balaban J connectivity index is 2.77. The molecule has 0 aliphatic rings. The van der Waals surface area contributed by atoms with Crippen molar-refractivity contribution < 1.29 is 14.5 Å². The summed E-state index contributed by atoms with van der Waals surface area (Å²) >= 11 is 0. The molecule has 0 aromatic heterocycles. The summed E-state index contributed by atoms with van der Waals surface area (Å²) in [5, 5.41) is 13.5. The van der Waals surface area contributed by atoms with Crippen molar-refractivity contribution in [2.45, 2.75) is 46.6 Å². The van der Waals surface area contributed by atoms with Crippen molar-refractivity contribution in [3.05, 3.63) is 34.4 Å². The molecule has 0 saturated carbocycles. The fourth-order valence-corrected chi connectivity index (χ4v) is 2.25. The monoisotopic (exact) mass is 308 g/mol. The highest BCUT2D eigenvalue weighted by molar-refractivity contribution is 5.71. The zero-order valence-corrected chi connectivity index (χ0v) is 13.8. The summed E-state index contributed by atoms with van der Waals surface area (Å²) in [6.07, 6.45) is 0.386. The van der Waals surface area contributed by atoms with Crippen LogP contribution in [0.15, 0.2) is 24.3 Å². The number of benzene rings is 1. The van der Waals surface area contributed by atoms with Crippen molar-refractivity contribution in [3.8, 4) is 5.75 Å². The zero-order valence-electron chi connectivity index (χ0n) is 13.8. The lowest BCUT2D eigenvalue weighted by Crippen LogP contribution is -2.55. The lowest BCUT2D eigenvalue weighted by Gasteiger charge is -2.39. The normalized spacial score (nSPS) is 15.0. The van der Waals surface area contributed by atoms with Crippen molar-refractivity contribution >= 4 is 11.8 Å². The average molecular weight is 308 g/mol. The summed E-state index contributed by atoms with van der Waals surface area (Å²) in [6, 6.07) is 5.43. The van der Waals surface area contributed by atoms with E-state index in [-0.39, 0.29) is 28.8 Å². The number of hydrogen-bond acceptors (Lipinski definition) is 4. The number of nitrogens with zero attached hydrogens (tertiary/aromatic N) is 1. The van der Waals surface area contributed by atoms with Gasteiger partial charge < -0.3 is 10.1 Å². The number of non-ortho nitro benzene ring substituents is 1. The van der Waals surface area contributed by atoms with Crippen LogP contribution in [-0.4, -0.2) is 16.6 Å². The molecule has 6 heteroatoms. The molecule has 0 saturated heterocycles. The van der Waals surface area contributed by atoms with Crippen molar-refractivity contribution in [3.63, 3.8) is 0 Å². The maximum atomic E-state index is 12.1. The van der Waals surface area contributed by atoms with Crippen LogP contribution in [0, 0.1) is 22.0 Å². The Hall–Kier alpha value is -2.11. The molecule has 0 heterocycles. The second-order valence-corrected chi connectivity index (χ2v) is 6.01. The predicted molar refractivity (Wildman–Crippen MR) is 85.0 cm³/mol. The van der Waals surface area contributed by atoms with Gasteiger partial charge in [0.2, 0.25) is 0 Å². The molecule has 6 nitrogen and oxygen atoms in total. The third-order valence-electron chi connectivity index (χ3n) is 4.46. The molecular weight excluding hydrogens is 284 g/mol.